The average Bonchev–Trinajstić information content (AvgIpc) is 2.80. The number of hydrogen-bond acceptors (Lipinski definition) is 12. The van der Waals surface area contributed by atoms with Crippen molar-refractivity contribution in [3.05, 3.63) is 0 Å². The molecule has 0 aliphatic carbocycles. The molecule has 0 atom stereocenters. The van der Waals surface area contributed by atoms with Crippen LogP contribution in [0, 0.1) is 0 Å². The van der Waals surface area contributed by atoms with Gasteiger partial charge >= 0.3 is 60.8 Å². The van der Waals surface area contributed by atoms with Gasteiger partial charge in [0.15, 0.2) is 0 Å². The van der Waals surface area contributed by atoms with E-state index in [4.69, 9.17) is 5.11 Å². The second-order valence-corrected chi connectivity index (χ2v) is 25.3. The summed E-state index contributed by atoms with van der Waals surface area (Å²) < 4.78 is 104. The van der Waals surface area contributed by atoms with Crippen LogP contribution in [0.15, 0.2) is 0 Å². The summed E-state index contributed by atoms with van der Waals surface area (Å²) in [5.74, 6) is 0. The molecule has 0 spiro atoms. The van der Waals surface area contributed by atoms with Crippen molar-refractivity contribution in [1.29, 1.82) is 0 Å². The molecule has 0 amide bonds. The van der Waals surface area contributed by atoms with Gasteiger partial charge in [0, 0.05) is 13.2 Å². The molecule has 0 bridgehead atoms. The number of aliphatic hydroxyl groups is 1. The molecule has 0 saturated heterocycles. The summed E-state index contributed by atoms with van der Waals surface area (Å²) in [7, 11) is -57.2. The van der Waals surface area contributed by atoms with E-state index in [0.717, 1.165) is 0 Å². The van der Waals surface area contributed by atoms with Crippen LogP contribution in [0.1, 0.15) is 39.5 Å². The maximum absolute atomic E-state index is 13.6. The van der Waals surface area contributed by atoms with Crippen LogP contribution < -0.4 is 0 Å². The van der Waals surface area contributed by atoms with Gasteiger partial charge in [-0.3, -0.25) is 36.5 Å². The molecular formula is C14H41N3O25P8. The van der Waals surface area contributed by atoms with Crippen molar-refractivity contribution in [3.63, 3.8) is 0 Å². The van der Waals surface area contributed by atoms with Crippen molar-refractivity contribution in [2.24, 2.45) is 0 Å². The largest absolute Gasteiger partial charge is 0.396 e. The molecule has 0 aromatic heterocycles. The van der Waals surface area contributed by atoms with E-state index in [1.807, 2.05) is 0 Å². The van der Waals surface area contributed by atoms with Crippen LogP contribution in [0.2, 0.25) is 0 Å². The Morgan fingerprint density at radius 2 is 0.680 bits per heavy atom. The topological polar surface area (TPSA) is 490 Å². The molecule has 0 aliphatic rings. The standard InChI is InChI=1S/C14H41N3O25P8/c1-3-15(11(43(19,20)21)44(22,23)24)13(47(31,32)33,48(34,35)36)17(9-7-5-6-8-10-18)14(49(37,38)39,50(40,41)42)16(4-2)12(45(25,26)27)46(28,29)30/h11-12,18H,3-10H2,1-2H3,(H2,19,20,21)(H2,22,23,24)(H2,25,26,27)(H2,28,29,30)(H2,31,32,33)(H2,34,35,36)(H2,37,38,39)(H2,40,41,42). The molecule has 302 valence electrons. The van der Waals surface area contributed by atoms with E-state index >= 15 is 0 Å². The van der Waals surface area contributed by atoms with E-state index in [2.05, 4.69) is 0 Å². The van der Waals surface area contributed by atoms with Crippen LogP contribution >= 0.6 is 60.8 Å². The molecule has 50 heavy (non-hydrogen) atoms. The maximum Gasteiger partial charge on any atom is 0.373 e. The SMILES string of the molecule is CCN(C(P(=O)(O)O)P(=O)(O)O)C(N(CCCCCCO)C(N(CC)C(P(=O)(O)O)P(=O)(O)O)(P(=O)(O)O)P(=O)(O)O)(P(=O)(O)O)P(=O)(O)O. The quantitative estimate of drug-likeness (QED) is 0.0308. The Hall–Kier alpha value is 1.04. The Labute approximate surface area is 282 Å². The molecule has 0 aliphatic heterocycles. The van der Waals surface area contributed by atoms with Crippen LogP contribution in [-0.4, -0.2) is 146 Å². The van der Waals surface area contributed by atoms with Crippen molar-refractivity contribution < 1.29 is 120 Å². The second kappa shape index (κ2) is 17.0. The summed E-state index contributed by atoms with van der Waals surface area (Å²) in [6.45, 7) is -5.33. The monoisotopic (exact) mass is 899 g/mol. The third-order valence-electron chi connectivity index (χ3n) is 6.79. The van der Waals surface area contributed by atoms with Crippen molar-refractivity contribution in [1.82, 2.24) is 14.7 Å². The van der Waals surface area contributed by atoms with E-state index < -0.39 is 136 Å². The predicted molar refractivity (Wildman–Crippen MR) is 166 cm³/mol. The number of unbranched alkanes of at least 4 members (excludes halogenated alkanes) is 3. The highest BCUT2D eigenvalue weighted by Crippen LogP contribution is 2.83. The van der Waals surface area contributed by atoms with Gasteiger partial charge in [-0.1, -0.05) is 26.7 Å². The molecule has 0 saturated carbocycles. The Balaban J connectivity index is 9.72. The van der Waals surface area contributed by atoms with Gasteiger partial charge in [0.2, 0.25) is 11.0 Å². The van der Waals surface area contributed by atoms with E-state index in [1.165, 1.54) is 0 Å². The van der Waals surface area contributed by atoms with Crippen molar-refractivity contribution in [2.45, 2.75) is 60.9 Å². The normalized spacial score (nSPS) is 15.7. The first-order chi connectivity index (χ1) is 21.8. The Morgan fingerprint density at radius 1 is 0.440 bits per heavy atom. The summed E-state index contributed by atoms with van der Waals surface area (Å²) in [4.78, 5) is 162. The van der Waals surface area contributed by atoms with Gasteiger partial charge in [-0.25, -0.2) is 14.7 Å². The average molecular weight is 899 g/mol. The molecule has 0 aromatic rings. The highest BCUT2D eigenvalue weighted by atomic mass is 31.3. The molecular weight excluding hydrogens is 858 g/mol. The van der Waals surface area contributed by atoms with Gasteiger partial charge in [-0.15, -0.1) is 0 Å². The molecule has 0 rings (SSSR count). The highest BCUT2D eigenvalue weighted by molar-refractivity contribution is 7.75. The lowest BCUT2D eigenvalue weighted by Gasteiger charge is -2.59. The third-order valence-corrected chi connectivity index (χ3v) is 22.2. The molecule has 0 unspecified atom stereocenters. The van der Waals surface area contributed by atoms with Gasteiger partial charge in [0.25, 0.3) is 10.3 Å². The summed E-state index contributed by atoms with van der Waals surface area (Å²) in [5, 5.41) is -1.96. The molecule has 0 radical (unpaired) electrons. The lowest BCUT2D eigenvalue weighted by Crippen LogP contribution is -2.73. The van der Waals surface area contributed by atoms with Crippen molar-refractivity contribution in [3.8, 4) is 0 Å². The highest BCUT2D eigenvalue weighted by Gasteiger charge is 2.83. The molecule has 0 aromatic carbocycles. The Bertz CT molecular complexity index is 1360. The second-order valence-electron chi connectivity index (χ2n) is 10.3. The minimum absolute atomic E-state index is 0.149. The van der Waals surface area contributed by atoms with E-state index in [-0.39, 0.29) is 12.8 Å². The smallest absolute Gasteiger partial charge is 0.373 e. The van der Waals surface area contributed by atoms with Gasteiger partial charge in [0.1, 0.15) is 0 Å². The van der Waals surface area contributed by atoms with Gasteiger partial charge in [-0.2, -0.15) is 0 Å². The van der Waals surface area contributed by atoms with Crippen LogP contribution in [-0.2, 0) is 36.5 Å². The van der Waals surface area contributed by atoms with Crippen LogP contribution in [0.5, 0.6) is 0 Å². The zero-order valence-corrected chi connectivity index (χ0v) is 32.8. The zero-order chi connectivity index (χ0) is 40.5. The number of hydrogen-bond donors (Lipinski definition) is 17. The van der Waals surface area contributed by atoms with Gasteiger partial charge in [0.05, 0.1) is 0 Å². The lowest BCUT2D eigenvalue weighted by atomic mass is 10.2. The Morgan fingerprint density at radius 3 is 0.860 bits per heavy atom. The maximum atomic E-state index is 13.6. The van der Waals surface area contributed by atoms with E-state index in [1.54, 1.807) is 0 Å². The first kappa shape index (κ1) is 51.0. The van der Waals surface area contributed by atoms with Crippen molar-refractivity contribution >= 4 is 60.8 Å². The fourth-order valence-corrected chi connectivity index (χ4v) is 19.6. The molecule has 0 fully saturated rings. The first-order valence-electron chi connectivity index (χ1n) is 13.2. The summed E-state index contributed by atoms with van der Waals surface area (Å²) in [6, 6.07) is 0. The summed E-state index contributed by atoms with van der Waals surface area (Å²) in [5.41, 5.74) is -8.31. The van der Waals surface area contributed by atoms with Crippen LogP contribution in [0.4, 0.5) is 0 Å². The molecule has 28 nitrogen and oxygen atoms in total. The van der Waals surface area contributed by atoms with E-state index in [9.17, 15) is 115 Å². The number of nitrogens with zero attached hydrogens (tertiary/aromatic N) is 3. The minimum atomic E-state index is -7.55. The number of rotatable bonds is 22. The summed E-state index contributed by atoms with van der Waals surface area (Å²) in [6.07, 6.45) is -1.92. The fraction of sp³-hybridized carbons (Fsp3) is 1.00. The first-order valence-corrected chi connectivity index (χ1v) is 26.4. The molecule has 0 heterocycles. The van der Waals surface area contributed by atoms with E-state index in [0.29, 0.717) is 13.8 Å². The summed E-state index contributed by atoms with van der Waals surface area (Å²) >= 11 is 0. The fourth-order valence-electron chi connectivity index (χ4n) is 5.36. The Kier molecular flexibility index (Phi) is 17.4. The molecule has 17 N–H and O–H groups in total. The lowest BCUT2D eigenvalue weighted by molar-refractivity contribution is -0.0609. The molecule has 36 heteroatoms. The minimum Gasteiger partial charge on any atom is -0.396 e. The van der Waals surface area contributed by atoms with Crippen LogP contribution in [0.3, 0.4) is 0 Å². The third kappa shape index (κ3) is 10.5. The van der Waals surface area contributed by atoms with Crippen molar-refractivity contribution in [2.75, 3.05) is 26.2 Å². The predicted octanol–water partition coefficient (Wildman–Crippen LogP) is -2.30. The zero-order valence-electron chi connectivity index (χ0n) is 25.6. The van der Waals surface area contributed by atoms with Crippen LogP contribution in [0.25, 0.3) is 0 Å². The number of aliphatic hydroxyl groups excluding tert-OH is 1. The van der Waals surface area contributed by atoms with Gasteiger partial charge in [-0.05, 0) is 25.9 Å². The van der Waals surface area contributed by atoms with Gasteiger partial charge < -0.3 is 83.4 Å².